The average Bonchev–Trinajstić information content (AvgIpc) is 3.07. The predicted molar refractivity (Wildman–Crippen MR) is 73.7 cm³/mol. The number of rotatable bonds is 6. The summed E-state index contributed by atoms with van der Waals surface area (Å²) in [5, 5.41) is 10.6. The molecule has 2 aliphatic heterocycles. The van der Waals surface area contributed by atoms with Crippen molar-refractivity contribution in [3.05, 3.63) is 0 Å². The third-order valence-corrected chi connectivity index (χ3v) is 5.05. The fraction of sp³-hybridized carbons (Fsp3) is 1.00. The fourth-order valence-corrected chi connectivity index (χ4v) is 3.42. The minimum absolute atomic E-state index is 0.0326. The Balaban J connectivity index is 1.85. The zero-order chi connectivity index (χ0) is 13.0. The highest BCUT2D eigenvalue weighted by molar-refractivity contribution is 4.94. The Labute approximate surface area is 112 Å². The molecule has 2 rings (SSSR count). The zero-order valence-corrected chi connectivity index (χ0v) is 12.0. The summed E-state index contributed by atoms with van der Waals surface area (Å²) in [6, 6.07) is 0. The van der Waals surface area contributed by atoms with Crippen LogP contribution in [0.3, 0.4) is 0 Å². The summed E-state index contributed by atoms with van der Waals surface area (Å²) >= 11 is 0. The maximum absolute atomic E-state index is 10.6. The van der Waals surface area contributed by atoms with Gasteiger partial charge >= 0.3 is 0 Å². The van der Waals surface area contributed by atoms with Crippen LogP contribution >= 0.6 is 0 Å². The van der Waals surface area contributed by atoms with E-state index >= 15 is 0 Å². The number of aliphatic hydroxyl groups excluding tert-OH is 1. The Bertz CT molecular complexity index is 247. The van der Waals surface area contributed by atoms with E-state index < -0.39 is 0 Å². The van der Waals surface area contributed by atoms with Crippen LogP contribution in [0.25, 0.3) is 0 Å². The van der Waals surface area contributed by atoms with E-state index in [0.29, 0.717) is 6.10 Å². The first-order valence-electron chi connectivity index (χ1n) is 7.71. The molecule has 3 unspecified atom stereocenters. The third kappa shape index (κ3) is 3.06. The summed E-state index contributed by atoms with van der Waals surface area (Å²) in [6.07, 6.45) is 8.05. The molecule has 2 aliphatic rings. The van der Waals surface area contributed by atoms with Gasteiger partial charge in [0, 0.05) is 12.1 Å². The first-order valence-corrected chi connectivity index (χ1v) is 7.71. The van der Waals surface area contributed by atoms with E-state index in [1.165, 1.54) is 25.7 Å². The third-order valence-electron chi connectivity index (χ3n) is 5.05. The minimum atomic E-state index is -0.218. The lowest BCUT2D eigenvalue weighted by Gasteiger charge is -2.42. The molecule has 3 heteroatoms. The van der Waals surface area contributed by atoms with E-state index in [-0.39, 0.29) is 11.6 Å². The van der Waals surface area contributed by atoms with E-state index in [4.69, 9.17) is 4.74 Å². The van der Waals surface area contributed by atoms with Crippen molar-refractivity contribution in [3.63, 3.8) is 0 Å². The molecule has 0 aliphatic carbocycles. The van der Waals surface area contributed by atoms with Gasteiger partial charge in [0.05, 0.1) is 12.2 Å². The van der Waals surface area contributed by atoms with E-state index in [2.05, 4.69) is 18.7 Å². The van der Waals surface area contributed by atoms with Crippen LogP contribution in [0.15, 0.2) is 0 Å². The highest BCUT2D eigenvalue weighted by atomic mass is 16.5. The number of hydrogen-bond acceptors (Lipinski definition) is 3. The lowest BCUT2D eigenvalue weighted by Crippen LogP contribution is -2.53. The van der Waals surface area contributed by atoms with Crippen LogP contribution in [0.1, 0.15) is 58.8 Å². The maximum atomic E-state index is 10.6. The van der Waals surface area contributed by atoms with Crippen molar-refractivity contribution in [1.29, 1.82) is 0 Å². The van der Waals surface area contributed by atoms with Crippen LogP contribution in [0.2, 0.25) is 0 Å². The van der Waals surface area contributed by atoms with Crippen LogP contribution in [0.5, 0.6) is 0 Å². The summed E-state index contributed by atoms with van der Waals surface area (Å²) < 4.78 is 5.65. The molecular weight excluding hydrogens is 226 g/mol. The number of ether oxygens (including phenoxy) is 1. The summed E-state index contributed by atoms with van der Waals surface area (Å²) in [6.45, 7) is 7.66. The van der Waals surface area contributed by atoms with Crippen LogP contribution in [-0.2, 0) is 4.74 Å². The van der Waals surface area contributed by atoms with Gasteiger partial charge in [0.1, 0.15) is 0 Å². The molecular formula is C15H29NO2. The Morgan fingerprint density at radius 2 is 2.06 bits per heavy atom. The van der Waals surface area contributed by atoms with Gasteiger partial charge in [-0.15, -0.1) is 0 Å². The van der Waals surface area contributed by atoms with Crippen molar-refractivity contribution in [3.8, 4) is 0 Å². The summed E-state index contributed by atoms with van der Waals surface area (Å²) in [5.74, 6) is 0. The van der Waals surface area contributed by atoms with Crippen molar-refractivity contribution >= 4 is 0 Å². The number of likely N-dealkylation sites (tertiary alicyclic amines) is 1. The second kappa shape index (κ2) is 6.36. The average molecular weight is 255 g/mol. The lowest BCUT2D eigenvalue weighted by atomic mass is 9.86. The molecule has 2 fully saturated rings. The number of aliphatic hydroxyl groups is 1. The van der Waals surface area contributed by atoms with Gasteiger partial charge in [-0.3, -0.25) is 4.90 Å². The van der Waals surface area contributed by atoms with Crippen molar-refractivity contribution in [2.24, 2.45) is 0 Å². The smallest absolute Gasteiger partial charge is 0.0722 e. The van der Waals surface area contributed by atoms with Crippen molar-refractivity contribution in [2.75, 3.05) is 19.7 Å². The molecule has 0 amide bonds. The molecule has 1 N–H and O–H groups in total. The molecule has 2 saturated heterocycles. The van der Waals surface area contributed by atoms with Crippen LogP contribution in [-0.4, -0.2) is 47.4 Å². The van der Waals surface area contributed by atoms with Gasteiger partial charge in [-0.25, -0.2) is 0 Å². The highest BCUT2D eigenvalue weighted by Gasteiger charge is 2.38. The van der Waals surface area contributed by atoms with E-state index in [1.807, 2.05) is 0 Å². The maximum Gasteiger partial charge on any atom is 0.0722 e. The lowest BCUT2D eigenvalue weighted by molar-refractivity contribution is -0.0249. The largest absolute Gasteiger partial charge is 0.391 e. The molecule has 18 heavy (non-hydrogen) atoms. The Morgan fingerprint density at radius 3 is 2.61 bits per heavy atom. The molecule has 0 aromatic rings. The van der Waals surface area contributed by atoms with Gasteiger partial charge in [-0.1, -0.05) is 6.92 Å². The van der Waals surface area contributed by atoms with E-state index in [1.54, 1.807) is 0 Å². The van der Waals surface area contributed by atoms with Gasteiger partial charge in [-0.2, -0.15) is 0 Å². The molecule has 0 aromatic carbocycles. The molecule has 0 saturated carbocycles. The predicted octanol–water partition coefficient (Wildman–Crippen LogP) is 2.57. The molecule has 3 atom stereocenters. The SMILES string of the molecule is CCC(C)(C(O)CCC1CCCO1)N1CCCC1. The Kier molecular flexibility index (Phi) is 5.05. The van der Waals surface area contributed by atoms with Gasteiger partial charge in [-0.05, 0) is 65.0 Å². The highest BCUT2D eigenvalue weighted by Crippen LogP contribution is 2.31. The Hall–Kier alpha value is -0.120. The topological polar surface area (TPSA) is 32.7 Å². The number of nitrogens with zero attached hydrogens (tertiary/aromatic N) is 1. The normalized spacial score (nSPS) is 30.5. The van der Waals surface area contributed by atoms with Gasteiger partial charge in [0.15, 0.2) is 0 Å². The van der Waals surface area contributed by atoms with Gasteiger partial charge < -0.3 is 9.84 Å². The van der Waals surface area contributed by atoms with Crippen molar-refractivity contribution in [2.45, 2.75) is 76.5 Å². The van der Waals surface area contributed by atoms with Crippen molar-refractivity contribution in [1.82, 2.24) is 4.90 Å². The first-order chi connectivity index (χ1) is 8.66. The quantitative estimate of drug-likeness (QED) is 0.792. The van der Waals surface area contributed by atoms with Crippen LogP contribution < -0.4 is 0 Å². The van der Waals surface area contributed by atoms with Crippen molar-refractivity contribution < 1.29 is 9.84 Å². The minimum Gasteiger partial charge on any atom is -0.391 e. The molecule has 3 nitrogen and oxygen atoms in total. The van der Waals surface area contributed by atoms with E-state index in [0.717, 1.165) is 39.0 Å². The second-order valence-corrected chi connectivity index (χ2v) is 6.13. The monoisotopic (exact) mass is 255 g/mol. The van der Waals surface area contributed by atoms with Crippen LogP contribution in [0, 0.1) is 0 Å². The first kappa shape index (κ1) is 14.3. The zero-order valence-electron chi connectivity index (χ0n) is 12.0. The summed E-state index contributed by atoms with van der Waals surface area (Å²) in [7, 11) is 0. The molecule has 0 radical (unpaired) electrons. The van der Waals surface area contributed by atoms with Gasteiger partial charge in [0.25, 0.3) is 0 Å². The Morgan fingerprint density at radius 1 is 1.33 bits per heavy atom. The molecule has 0 bridgehead atoms. The fourth-order valence-electron chi connectivity index (χ4n) is 3.42. The molecule has 0 spiro atoms. The molecule has 2 heterocycles. The second-order valence-electron chi connectivity index (χ2n) is 6.13. The molecule has 0 aromatic heterocycles. The summed E-state index contributed by atoms with van der Waals surface area (Å²) in [4.78, 5) is 2.49. The van der Waals surface area contributed by atoms with Crippen LogP contribution in [0.4, 0.5) is 0 Å². The summed E-state index contributed by atoms with van der Waals surface area (Å²) in [5.41, 5.74) is -0.0326. The number of hydrogen-bond donors (Lipinski definition) is 1. The molecule has 106 valence electrons. The van der Waals surface area contributed by atoms with Gasteiger partial charge in [0.2, 0.25) is 0 Å². The standard InChI is InChI=1S/C15H29NO2/c1-3-15(2,16-10-4-5-11-16)14(17)9-8-13-7-6-12-18-13/h13-14,17H,3-12H2,1-2H3. The van der Waals surface area contributed by atoms with E-state index in [9.17, 15) is 5.11 Å².